The Morgan fingerprint density at radius 3 is 3.08 bits per heavy atom. The first-order valence-electron chi connectivity index (χ1n) is 8.06. The normalized spacial score (nSPS) is 13.6. The lowest BCUT2D eigenvalue weighted by atomic mass is 10.2. The van der Waals surface area contributed by atoms with Gasteiger partial charge in [-0.15, -0.1) is 11.3 Å². The molecule has 0 unspecified atom stereocenters. The number of fused-ring (bicyclic) bond motifs is 3. The Labute approximate surface area is 144 Å². The van der Waals surface area contributed by atoms with E-state index in [9.17, 15) is 9.59 Å². The maximum Gasteiger partial charge on any atom is 0.259 e. The van der Waals surface area contributed by atoms with Gasteiger partial charge in [0.2, 0.25) is 5.91 Å². The maximum absolute atomic E-state index is 12.4. The molecule has 0 saturated carbocycles. The Morgan fingerprint density at radius 2 is 2.29 bits per heavy atom. The van der Waals surface area contributed by atoms with Crippen LogP contribution in [0.25, 0.3) is 10.2 Å². The number of methoxy groups -OCH3 is 1. The second kappa shape index (κ2) is 7.42. The van der Waals surface area contributed by atoms with Crippen LogP contribution in [0, 0.1) is 0 Å². The number of aromatic amines is 1. The fraction of sp³-hybridized carbons (Fsp3) is 0.562. The predicted octanol–water partition coefficient (Wildman–Crippen LogP) is 0.668. The largest absolute Gasteiger partial charge is 0.383 e. The minimum atomic E-state index is -0.0759. The lowest BCUT2D eigenvalue weighted by Crippen LogP contribution is -2.36. The molecule has 0 radical (unpaired) electrons. The number of aryl methyl sites for hydroxylation is 2. The molecule has 1 aliphatic carbocycles. The van der Waals surface area contributed by atoms with Gasteiger partial charge in [-0.1, -0.05) is 0 Å². The van der Waals surface area contributed by atoms with E-state index in [4.69, 9.17) is 4.74 Å². The van der Waals surface area contributed by atoms with Crippen molar-refractivity contribution < 1.29 is 9.53 Å². The van der Waals surface area contributed by atoms with E-state index in [-0.39, 0.29) is 18.0 Å². The van der Waals surface area contributed by atoms with Crippen molar-refractivity contribution in [2.75, 3.05) is 33.9 Å². The number of hydrogen-bond donors (Lipinski definition) is 2. The fourth-order valence-electron chi connectivity index (χ4n) is 3.03. The number of rotatable bonds is 7. The highest BCUT2D eigenvalue weighted by Crippen LogP contribution is 2.34. The van der Waals surface area contributed by atoms with E-state index in [2.05, 4.69) is 15.3 Å². The zero-order valence-corrected chi connectivity index (χ0v) is 14.8. The molecule has 0 saturated heterocycles. The Kier molecular flexibility index (Phi) is 5.27. The number of nitrogens with zero attached hydrogens (tertiary/aromatic N) is 2. The van der Waals surface area contributed by atoms with Crippen molar-refractivity contribution in [3.05, 3.63) is 26.6 Å². The first kappa shape index (κ1) is 17.1. The van der Waals surface area contributed by atoms with Crippen molar-refractivity contribution in [2.24, 2.45) is 0 Å². The summed E-state index contributed by atoms with van der Waals surface area (Å²) in [6, 6.07) is 0. The number of nitrogens with one attached hydrogen (secondary N) is 2. The average molecular weight is 350 g/mol. The lowest BCUT2D eigenvalue weighted by molar-refractivity contribution is -0.122. The molecule has 130 valence electrons. The maximum atomic E-state index is 12.4. The summed E-state index contributed by atoms with van der Waals surface area (Å²) in [5.41, 5.74) is 1.12. The molecule has 3 rings (SSSR count). The molecule has 0 spiro atoms. The summed E-state index contributed by atoms with van der Waals surface area (Å²) in [7, 11) is 3.42. The number of carbonyl (C=O) groups excluding carboxylic acids is 1. The Hall–Kier alpha value is -1.77. The van der Waals surface area contributed by atoms with Gasteiger partial charge in [-0.05, 0) is 31.9 Å². The number of likely N-dealkylation sites (N-methyl/N-ethyl adjacent to an activating group) is 1. The average Bonchev–Trinajstić information content (AvgIpc) is 3.07. The van der Waals surface area contributed by atoms with Gasteiger partial charge in [-0.3, -0.25) is 14.5 Å². The molecule has 0 aliphatic heterocycles. The van der Waals surface area contributed by atoms with E-state index in [0.717, 1.165) is 29.5 Å². The van der Waals surface area contributed by atoms with Gasteiger partial charge < -0.3 is 15.0 Å². The third-order valence-corrected chi connectivity index (χ3v) is 5.27. The molecule has 7 nitrogen and oxygen atoms in total. The highest BCUT2D eigenvalue weighted by molar-refractivity contribution is 7.18. The Morgan fingerprint density at radius 1 is 1.46 bits per heavy atom. The smallest absolute Gasteiger partial charge is 0.259 e. The number of H-pyrrole nitrogens is 1. The van der Waals surface area contributed by atoms with Gasteiger partial charge >= 0.3 is 0 Å². The van der Waals surface area contributed by atoms with Gasteiger partial charge in [0.05, 0.1) is 25.1 Å². The third-order valence-electron chi connectivity index (χ3n) is 4.09. The highest BCUT2D eigenvalue weighted by atomic mass is 32.1. The molecule has 0 atom stereocenters. The van der Waals surface area contributed by atoms with E-state index >= 15 is 0 Å². The van der Waals surface area contributed by atoms with Crippen LogP contribution in [-0.2, 0) is 28.9 Å². The van der Waals surface area contributed by atoms with Crippen molar-refractivity contribution in [2.45, 2.75) is 25.8 Å². The standard InChI is InChI=1S/C16H22N4O3S/c1-20(9-13(21)17-6-7-23-2)8-12-18-15(22)14-10-4-3-5-11(10)24-16(14)19-12/h3-9H2,1-2H3,(H,17,21)(H,18,19,22). The molecular formula is C16H22N4O3S. The summed E-state index contributed by atoms with van der Waals surface area (Å²) in [5.74, 6) is 0.521. The van der Waals surface area contributed by atoms with Crippen LogP contribution in [0.3, 0.4) is 0 Å². The minimum Gasteiger partial charge on any atom is -0.383 e. The Bertz CT molecular complexity index is 798. The molecule has 0 aromatic carbocycles. The highest BCUT2D eigenvalue weighted by Gasteiger charge is 2.21. The van der Waals surface area contributed by atoms with Crippen molar-refractivity contribution in [1.82, 2.24) is 20.2 Å². The SMILES string of the molecule is COCCNC(=O)CN(C)Cc1nc2sc3c(c2c(=O)[nH]1)CCC3. The van der Waals surface area contributed by atoms with Gasteiger partial charge in [0.25, 0.3) is 5.56 Å². The Balaban J connectivity index is 1.67. The van der Waals surface area contributed by atoms with E-state index in [0.29, 0.717) is 25.5 Å². The van der Waals surface area contributed by atoms with Crippen LogP contribution in [0.2, 0.25) is 0 Å². The summed E-state index contributed by atoms with van der Waals surface area (Å²) in [6.45, 7) is 1.65. The number of thiophene rings is 1. The number of ether oxygens (including phenoxy) is 1. The van der Waals surface area contributed by atoms with Crippen LogP contribution in [-0.4, -0.2) is 54.6 Å². The zero-order valence-electron chi connectivity index (χ0n) is 14.0. The number of hydrogen-bond acceptors (Lipinski definition) is 6. The van der Waals surface area contributed by atoms with Crippen molar-refractivity contribution in [3.63, 3.8) is 0 Å². The van der Waals surface area contributed by atoms with Crippen LogP contribution >= 0.6 is 11.3 Å². The molecule has 2 N–H and O–H groups in total. The molecule has 24 heavy (non-hydrogen) atoms. The van der Waals surface area contributed by atoms with Crippen LogP contribution in [0.5, 0.6) is 0 Å². The predicted molar refractivity (Wildman–Crippen MR) is 93.5 cm³/mol. The third kappa shape index (κ3) is 3.66. The van der Waals surface area contributed by atoms with Crippen molar-refractivity contribution in [3.8, 4) is 0 Å². The number of amides is 1. The topological polar surface area (TPSA) is 87.3 Å². The molecule has 1 amide bonds. The summed E-state index contributed by atoms with van der Waals surface area (Å²) in [4.78, 5) is 35.6. The summed E-state index contributed by atoms with van der Waals surface area (Å²) >= 11 is 1.63. The van der Waals surface area contributed by atoms with Gasteiger partial charge in [0.15, 0.2) is 0 Å². The zero-order chi connectivity index (χ0) is 17.1. The van der Waals surface area contributed by atoms with Gasteiger partial charge in [-0.25, -0.2) is 4.98 Å². The molecule has 0 bridgehead atoms. The first-order chi connectivity index (χ1) is 11.6. The van der Waals surface area contributed by atoms with E-state index in [1.807, 2.05) is 11.9 Å². The van der Waals surface area contributed by atoms with Crippen LogP contribution in [0.4, 0.5) is 0 Å². The monoisotopic (exact) mass is 350 g/mol. The molecule has 1 aliphatic rings. The first-order valence-corrected chi connectivity index (χ1v) is 8.87. The number of carbonyl (C=O) groups is 1. The van der Waals surface area contributed by atoms with Crippen molar-refractivity contribution >= 4 is 27.5 Å². The van der Waals surface area contributed by atoms with Crippen LogP contribution < -0.4 is 10.9 Å². The lowest BCUT2D eigenvalue weighted by Gasteiger charge is -2.15. The molecule has 2 aromatic heterocycles. The van der Waals surface area contributed by atoms with Gasteiger partial charge in [0, 0.05) is 18.5 Å². The second-order valence-electron chi connectivity index (χ2n) is 6.07. The summed E-state index contributed by atoms with van der Waals surface area (Å²) in [5, 5.41) is 3.53. The molecule has 2 heterocycles. The summed E-state index contributed by atoms with van der Waals surface area (Å²) < 4.78 is 4.90. The minimum absolute atomic E-state index is 0.0626. The van der Waals surface area contributed by atoms with E-state index in [1.165, 1.54) is 10.4 Å². The molecular weight excluding hydrogens is 328 g/mol. The van der Waals surface area contributed by atoms with Crippen LogP contribution in [0.15, 0.2) is 4.79 Å². The molecule has 8 heteroatoms. The van der Waals surface area contributed by atoms with Gasteiger partial charge in [0.1, 0.15) is 10.7 Å². The molecule has 0 fully saturated rings. The fourth-order valence-corrected chi connectivity index (χ4v) is 4.31. The summed E-state index contributed by atoms with van der Waals surface area (Å²) in [6.07, 6.45) is 3.15. The second-order valence-corrected chi connectivity index (χ2v) is 7.15. The van der Waals surface area contributed by atoms with E-state index in [1.54, 1.807) is 18.4 Å². The van der Waals surface area contributed by atoms with Gasteiger partial charge in [-0.2, -0.15) is 0 Å². The van der Waals surface area contributed by atoms with Crippen LogP contribution in [0.1, 0.15) is 22.7 Å². The van der Waals surface area contributed by atoms with E-state index < -0.39 is 0 Å². The quantitative estimate of drug-likeness (QED) is 0.717. The van der Waals surface area contributed by atoms with Crippen molar-refractivity contribution in [1.29, 1.82) is 0 Å². The molecule has 2 aromatic rings. The number of aromatic nitrogens is 2.